The molecule has 1 aliphatic carbocycles. The lowest BCUT2D eigenvalue weighted by Gasteiger charge is -2.39. The zero-order valence-electron chi connectivity index (χ0n) is 14.3. The summed E-state index contributed by atoms with van der Waals surface area (Å²) in [7, 11) is -3.36. The van der Waals surface area contributed by atoms with E-state index in [0.717, 1.165) is 25.4 Å². The second-order valence-electron chi connectivity index (χ2n) is 7.59. The predicted molar refractivity (Wildman–Crippen MR) is 97.0 cm³/mol. The molecule has 25 heavy (non-hydrogen) atoms. The van der Waals surface area contributed by atoms with Gasteiger partial charge in [-0.05, 0) is 42.0 Å². The van der Waals surface area contributed by atoms with Gasteiger partial charge in [0.15, 0.2) is 0 Å². The summed E-state index contributed by atoms with van der Waals surface area (Å²) in [6.45, 7) is 3.34. The topological polar surface area (TPSA) is 69.7 Å². The fourth-order valence-corrected chi connectivity index (χ4v) is 6.45. The Hall–Kier alpha value is -1.12. The molecule has 6 nitrogen and oxygen atoms in total. The van der Waals surface area contributed by atoms with Crippen molar-refractivity contribution in [2.24, 2.45) is 17.8 Å². The van der Waals surface area contributed by atoms with E-state index in [0.29, 0.717) is 29.8 Å². The van der Waals surface area contributed by atoms with E-state index < -0.39 is 10.0 Å². The molecule has 3 fully saturated rings. The molecule has 4 rings (SSSR count). The lowest BCUT2D eigenvalue weighted by molar-refractivity contribution is 0.111. The molecule has 3 aliphatic rings. The van der Waals surface area contributed by atoms with Gasteiger partial charge in [-0.15, -0.1) is 11.3 Å². The van der Waals surface area contributed by atoms with Crippen molar-refractivity contribution in [3.8, 4) is 0 Å². The number of likely N-dealkylation sites (tertiary alicyclic amines) is 1. The van der Waals surface area contributed by atoms with Crippen molar-refractivity contribution < 1.29 is 13.2 Å². The summed E-state index contributed by atoms with van der Waals surface area (Å²) in [5.41, 5.74) is 0. The number of nitrogens with one attached hydrogen (secondary N) is 1. The van der Waals surface area contributed by atoms with Crippen molar-refractivity contribution in [1.29, 1.82) is 0 Å². The highest BCUT2D eigenvalue weighted by Gasteiger charge is 2.36. The van der Waals surface area contributed by atoms with Gasteiger partial charge in [-0.3, -0.25) is 0 Å². The minimum absolute atomic E-state index is 0.00612. The SMILES string of the molecule is O=C(NCC1CCN(S(=O)(=O)c2cccs2)C1)N1CC(CC2CC2)C1. The van der Waals surface area contributed by atoms with Crippen LogP contribution in [0.5, 0.6) is 0 Å². The first-order valence-corrected chi connectivity index (χ1v) is 11.4. The van der Waals surface area contributed by atoms with Crippen LogP contribution in [0.1, 0.15) is 25.7 Å². The summed E-state index contributed by atoms with van der Waals surface area (Å²) >= 11 is 1.25. The maximum atomic E-state index is 12.5. The average Bonchev–Trinajstić information content (AvgIpc) is 3.04. The second kappa shape index (κ2) is 6.89. The number of carbonyl (C=O) groups excluding carboxylic acids is 1. The Morgan fingerprint density at radius 1 is 1.16 bits per heavy atom. The fourth-order valence-electron chi connectivity index (χ4n) is 3.77. The fraction of sp³-hybridized carbons (Fsp3) is 0.706. The first kappa shape index (κ1) is 17.3. The van der Waals surface area contributed by atoms with E-state index in [1.807, 2.05) is 4.90 Å². The van der Waals surface area contributed by atoms with Crippen molar-refractivity contribution in [2.45, 2.75) is 29.9 Å². The zero-order chi connectivity index (χ0) is 17.4. The van der Waals surface area contributed by atoms with Crippen LogP contribution in [0.4, 0.5) is 4.79 Å². The quantitative estimate of drug-likeness (QED) is 0.819. The Balaban J connectivity index is 1.20. The van der Waals surface area contributed by atoms with Crippen molar-refractivity contribution >= 4 is 27.4 Å². The van der Waals surface area contributed by atoms with Crippen molar-refractivity contribution in [2.75, 3.05) is 32.7 Å². The number of urea groups is 1. The Kier molecular flexibility index (Phi) is 4.77. The summed E-state index contributed by atoms with van der Waals surface area (Å²) in [5, 5.41) is 4.77. The molecule has 1 aromatic heterocycles. The van der Waals surface area contributed by atoms with Crippen LogP contribution in [-0.2, 0) is 10.0 Å². The molecule has 1 saturated carbocycles. The molecule has 138 valence electrons. The van der Waals surface area contributed by atoms with Gasteiger partial charge in [0, 0.05) is 32.7 Å². The van der Waals surface area contributed by atoms with Gasteiger partial charge in [0.2, 0.25) is 0 Å². The molecule has 0 spiro atoms. The van der Waals surface area contributed by atoms with E-state index >= 15 is 0 Å². The molecular formula is C17H25N3O3S2. The first-order valence-electron chi connectivity index (χ1n) is 9.09. The number of hydrogen-bond acceptors (Lipinski definition) is 4. The zero-order valence-corrected chi connectivity index (χ0v) is 15.9. The van der Waals surface area contributed by atoms with Crippen LogP contribution in [-0.4, -0.2) is 56.4 Å². The molecule has 0 aromatic carbocycles. The van der Waals surface area contributed by atoms with Gasteiger partial charge in [-0.1, -0.05) is 18.9 Å². The first-order chi connectivity index (χ1) is 12.0. The van der Waals surface area contributed by atoms with Crippen LogP contribution in [0.15, 0.2) is 21.7 Å². The monoisotopic (exact) mass is 383 g/mol. The third-order valence-corrected chi connectivity index (χ3v) is 8.73. The Morgan fingerprint density at radius 2 is 1.96 bits per heavy atom. The lowest BCUT2D eigenvalue weighted by Crippen LogP contribution is -2.54. The highest BCUT2D eigenvalue weighted by molar-refractivity contribution is 7.91. The van der Waals surface area contributed by atoms with Crippen LogP contribution < -0.4 is 5.32 Å². The molecule has 8 heteroatoms. The van der Waals surface area contributed by atoms with Gasteiger partial charge in [0.05, 0.1) is 0 Å². The number of rotatable bonds is 6. The van der Waals surface area contributed by atoms with Gasteiger partial charge in [0.25, 0.3) is 10.0 Å². The van der Waals surface area contributed by atoms with Crippen LogP contribution in [0.2, 0.25) is 0 Å². The Morgan fingerprint density at radius 3 is 2.64 bits per heavy atom. The van der Waals surface area contributed by atoms with Crippen LogP contribution in [0.25, 0.3) is 0 Å². The van der Waals surface area contributed by atoms with E-state index in [9.17, 15) is 13.2 Å². The summed E-state index contributed by atoms with van der Waals surface area (Å²) in [4.78, 5) is 14.1. The summed E-state index contributed by atoms with van der Waals surface area (Å²) in [6, 6.07) is 3.41. The molecule has 1 atom stereocenters. The van der Waals surface area contributed by atoms with Crippen molar-refractivity contribution in [3.05, 3.63) is 17.5 Å². The minimum Gasteiger partial charge on any atom is -0.338 e. The highest BCUT2D eigenvalue weighted by atomic mass is 32.2. The normalized spacial score (nSPS) is 25.1. The number of carbonyl (C=O) groups is 1. The van der Waals surface area contributed by atoms with Crippen LogP contribution in [0.3, 0.4) is 0 Å². The second-order valence-corrected chi connectivity index (χ2v) is 10.7. The predicted octanol–water partition coefficient (Wildman–Crippen LogP) is 2.20. The van der Waals surface area contributed by atoms with Gasteiger partial charge in [0.1, 0.15) is 4.21 Å². The standard InChI is InChI=1S/C17H25N3O3S2/c21-17(19-10-15(11-19)8-13-3-4-13)18-9-14-5-6-20(12-14)25(22,23)16-2-1-7-24-16/h1-2,7,13-15H,3-6,8-12H2,(H,18,21). The average molecular weight is 384 g/mol. The van der Waals surface area contributed by atoms with Gasteiger partial charge in [-0.2, -0.15) is 4.31 Å². The van der Waals surface area contributed by atoms with Crippen molar-refractivity contribution in [3.63, 3.8) is 0 Å². The number of thiophene rings is 1. The Labute approximate surface area is 153 Å². The molecule has 2 amide bonds. The molecule has 1 N–H and O–H groups in total. The van der Waals surface area contributed by atoms with Crippen LogP contribution in [0, 0.1) is 17.8 Å². The smallest absolute Gasteiger partial charge is 0.317 e. The highest BCUT2D eigenvalue weighted by Crippen LogP contribution is 2.37. The van der Waals surface area contributed by atoms with E-state index in [-0.39, 0.29) is 11.9 Å². The van der Waals surface area contributed by atoms with Gasteiger partial charge in [-0.25, -0.2) is 13.2 Å². The summed E-state index contributed by atoms with van der Waals surface area (Å²) < 4.78 is 27.0. The number of nitrogens with zero attached hydrogens (tertiary/aromatic N) is 2. The van der Waals surface area contributed by atoms with E-state index in [4.69, 9.17) is 0 Å². The number of hydrogen-bond donors (Lipinski definition) is 1. The molecule has 3 heterocycles. The van der Waals surface area contributed by atoms with Gasteiger partial charge >= 0.3 is 6.03 Å². The third-order valence-electron chi connectivity index (χ3n) is 5.49. The third kappa shape index (κ3) is 3.85. The molecule has 1 aromatic rings. The number of amides is 2. The van der Waals surface area contributed by atoms with E-state index in [2.05, 4.69) is 5.32 Å². The summed E-state index contributed by atoms with van der Waals surface area (Å²) in [5.74, 6) is 1.81. The summed E-state index contributed by atoms with van der Waals surface area (Å²) in [6.07, 6.45) is 4.82. The van der Waals surface area contributed by atoms with E-state index in [1.54, 1.807) is 21.8 Å². The molecule has 1 unspecified atom stereocenters. The largest absolute Gasteiger partial charge is 0.338 e. The molecule has 0 bridgehead atoms. The molecular weight excluding hydrogens is 358 g/mol. The minimum atomic E-state index is -3.36. The molecule has 2 aliphatic heterocycles. The molecule has 2 saturated heterocycles. The maximum Gasteiger partial charge on any atom is 0.317 e. The van der Waals surface area contributed by atoms with E-state index in [1.165, 1.54) is 30.6 Å². The van der Waals surface area contributed by atoms with Gasteiger partial charge < -0.3 is 10.2 Å². The lowest BCUT2D eigenvalue weighted by atomic mass is 9.94. The molecule has 0 radical (unpaired) electrons. The van der Waals surface area contributed by atoms with Crippen LogP contribution >= 0.6 is 11.3 Å². The van der Waals surface area contributed by atoms with Crippen molar-refractivity contribution in [1.82, 2.24) is 14.5 Å². The number of sulfonamides is 1. The maximum absolute atomic E-state index is 12.5. The Bertz CT molecular complexity index is 710.